The van der Waals surface area contributed by atoms with Gasteiger partial charge in [-0.05, 0) is 49.9 Å². The first-order valence-electron chi connectivity index (χ1n) is 9.31. The van der Waals surface area contributed by atoms with Crippen LogP contribution in [-0.4, -0.2) is 43.1 Å². The second-order valence-electron chi connectivity index (χ2n) is 7.07. The fourth-order valence-electron chi connectivity index (χ4n) is 3.49. The lowest BCUT2D eigenvalue weighted by Gasteiger charge is -2.39. The van der Waals surface area contributed by atoms with Crippen molar-refractivity contribution in [3.05, 3.63) is 71.3 Å². The van der Waals surface area contributed by atoms with Crippen LogP contribution < -0.4 is 5.32 Å². The van der Waals surface area contributed by atoms with Crippen LogP contribution in [0.15, 0.2) is 54.6 Å². The van der Waals surface area contributed by atoms with E-state index in [9.17, 15) is 9.59 Å². The Morgan fingerprint density at radius 2 is 1.78 bits per heavy atom. The minimum Gasteiger partial charge on any atom is -0.384 e. The lowest BCUT2D eigenvalue weighted by Crippen LogP contribution is -2.55. The zero-order chi connectivity index (χ0) is 19.2. The quantitative estimate of drug-likeness (QED) is 0.884. The van der Waals surface area contributed by atoms with Crippen molar-refractivity contribution in [3.8, 4) is 0 Å². The summed E-state index contributed by atoms with van der Waals surface area (Å²) in [5.74, 6) is 0.0998. The molecule has 2 atom stereocenters. The molecule has 1 aliphatic heterocycles. The molecular weight excluding hydrogens is 340 g/mol. The Bertz CT molecular complexity index is 774. The zero-order valence-corrected chi connectivity index (χ0v) is 15.9. The fraction of sp³-hybridized carbons (Fsp3) is 0.364. The molecule has 0 aliphatic carbocycles. The van der Waals surface area contributed by atoms with Gasteiger partial charge in [-0.3, -0.25) is 9.59 Å². The molecule has 0 spiro atoms. The lowest BCUT2D eigenvalue weighted by atomic mass is 9.94. The van der Waals surface area contributed by atoms with Gasteiger partial charge < -0.3 is 15.0 Å². The number of hydrogen-bond acceptors (Lipinski definition) is 3. The van der Waals surface area contributed by atoms with E-state index in [1.54, 1.807) is 12.0 Å². The Kier molecular flexibility index (Phi) is 6.24. The molecule has 27 heavy (non-hydrogen) atoms. The van der Waals surface area contributed by atoms with E-state index in [0.29, 0.717) is 36.6 Å². The minimum absolute atomic E-state index is 0.0549. The van der Waals surface area contributed by atoms with Crippen molar-refractivity contribution in [2.45, 2.75) is 25.9 Å². The van der Waals surface area contributed by atoms with E-state index in [2.05, 4.69) is 5.32 Å². The van der Waals surface area contributed by atoms with Crippen LogP contribution in [0.1, 0.15) is 39.1 Å². The second-order valence-corrected chi connectivity index (χ2v) is 7.07. The van der Waals surface area contributed by atoms with Crippen molar-refractivity contribution in [3.63, 3.8) is 0 Å². The van der Waals surface area contributed by atoms with Gasteiger partial charge in [-0.2, -0.15) is 0 Å². The monoisotopic (exact) mass is 366 g/mol. The van der Waals surface area contributed by atoms with Gasteiger partial charge in [0.1, 0.15) is 6.17 Å². The van der Waals surface area contributed by atoms with Crippen LogP contribution in [0, 0.1) is 12.8 Å². The number of aryl methyl sites for hydroxylation is 1. The van der Waals surface area contributed by atoms with E-state index >= 15 is 0 Å². The predicted molar refractivity (Wildman–Crippen MR) is 105 cm³/mol. The number of carbonyl (C=O) groups excluding carboxylic acids is 2. The average Bonchev–Trinajstić information content (AvgIpc) is 2.69. The molecule has 1 saturated heterocycles. The molecule has 1 aliphatic rings. The topological polar surface area (TPSA) is 58.6 Å². The number of carbonyl (C=O) groups is 2. The van der Waals surface area contributed by atoms with Crippen LogP contribution in [0.3, 0.4) is 0 Å². The standard InChI is InChI=1S/C22H26N2O3/c1-16-8-10-18(11-9-16)21(25)23-20-14-17(15-27-2)12-13-24(20)22(26)19-6-4-3-5-7-19/h3-11,17,20H,12-15H2,1-2H3,(H,23,25). The molecule has 3 rings (SSSR count). The third-order valence-electron chi connectivity index (χ3n) is 5.01. The van der Waals surface area contributed by atoms with Crippen LogP contribution in [0.25, 0.3) is 0 Å². The van der Waals surface area contributed by atoms with Gasteiger partial charge in [0.2, 0.25) is 0 Å². The highest BCUT2D eigenvalue weighted by Crippen LogP contribution is 2.24. The molecule has 1 N–H and O–H groups in total. The van der Waals surface area contributed by atoms with E-state index < -0.39 is 0 Å². The molecule has 2 aromatic carbocycles. The summed E-state index contributed by atoms with van der Waals surface area (Å²) in [4.78, 5) is 27.5. The SMILES string of the molecule is COCC1CCN(C(=O)c2ccccc2)C(NC(=O)c2ccc(C)cc2)C1. The number of rotatable bonds is 5. The molecule has 2 amide bonds. The largest absolute Gasteiger partial charge is 0.384 e. The molecule has 0 bridgehead atoms. The lowest BCUT2D eigenvalue weighted by molar-refractivity contribution is 0.0346. The van der Waals surface area contributed by atoms with Crippen LogP contribution in [0.4, 0.5) is 0 Å². The highest BCUT2D eigenvalue weighted by molar-refractivity contribution is 5.96. The van der Waals surface area contributed by atoms with Crippen molar-refractivity contribution in [2.75, 3.05) is 20.3 Å². The summed E-state index contributed by atoms with van der Waals surface area (Å²) in [5.41, 5.74) is 2.34. The number of nitrogens with one attached hydrogen (secondary N) is 1. The van der Waals surface area contributed by atoms with Crippen molar-refractivity contribution in [2.24, 2.45) is 5.92 Å². The summed E-state index contributed by atoms with van der Waals surface area (Å²) in [5, 5.41) is 3.05. The number of methoxy groups -OCH3 is 1. The smallest absolute Gasteiger partial charge is 0.255 e. The minimum atomic E-state index is -0.347. The molecule has 5 heteroatoms. The van der Waals surface area contributed by atoms with Gasteiger partial charge in [0.05, 0.1) is 0 Å². The number of nitrogens with zero attached hydrogens (tertiary/aromatic N) is 1. The van der Waals surface area contributed by atoms with Gasteiger partial charge in [-0.15, -0.1) is 0 Å². The molecule has 2 aromatic rings. The van der Waals surface area contributed by atoms with E-state index in [1.807, 2.05) is 61.5 Å². The normalized spacial score (nSPS) is 19.6. The Morgan fingerprint density at radius 3 is 2.44 bits per heavy atom. The van der Waals surface area contributed by atoms with E-state index in [0.717, 1.165) is 12.0 Å². The van der Waals surface area contributed by atoms with Gasteiger partial charge in [0, 0.05) is 31.4 Å². The third kappa shape index (κ3) is 4.74. The first-order chi connectivity index (χ1) is 13.1. The van der Waals surface area contributed by atoms with Gasteiger partial charge in [0.15, 0.2) is 0 Å². The van der Waals surface area contributed by atoms with Crippen molar-refractivity contribution >= 4 is 11.8 Å². The van der Waals surface area contributed by atoms with E-state index in [4.69, 9.17) is 4.74 Å². The average molecular weight is 366 g/mol. The molecule has 5 nitrogen and oxygen atoms in total. The number of likely N-dealkylation sites (tertiary alicyclic amines) is 1. The molecular formula is C22H26N2O3. The van der Waals surface area contributed by atoms with Crippen molar-refractivity contribution in [1.82, 2.24) is 10.2 Å². The molecule has 0 saturated carbocycles. The van der Waals surface area contributed by atoms with Gasteiger partial charge in [0.25, 0.3) is 11.8 Å². The summed E-state index contributed by atoms with van der Waals surface area (Å²) in [6.45, 7) is 3.21. The summed E-state index contributed by atoms with van der Waals surface area (Å²) in [6, 6.07) is 16.7. The number of piperidine rings is 1. The van der Waals surface area contributed by atoms with Crippen molar-refractivity contribution < 1.29 is 14.3 Å². The maximum absolute atomic E-state index is 13.0. The molecule has 0 radical (unpaired) electrons. The number of ether oxygens (including phenoxy) is 1. The maximum Gasteiger partial charge on any atom is 0.255 e. The first-order valence-corrected chi connectivity index (χ1v) is 9.31. The highest BCUT2D eigenvalue weighted by atomic mass is 16.5. The molecule has 1 fully saturated rings. The van der Waals surface area contributed by atoms with Crippen LogP contribution >= 0.6 is 0 Å². The summed E-state index contributed by atoms with van der Waals surface area (Å²) in [6.07, 6.45) is 1.20. The molecule has 1 heterocycles. The van der Waals surface area contributed by atoms with Gasteiger partial charge >= 0.3 is 0 Å². The number of benzene rings is 2. The van der Waals surface area contributed by atoms with Crippen LogP contribution in [0.2, 0.25) is 0 Å². The highest BCUT2D eigenvalue weighted by Gasteiger charge is 2.33. The Morgan fingerprint density at radius 1 is 1.07 bits per heavy atom. The Balaban J connectivity index is 1.78. The van der Waals surface area contributed by atoms with Gasteiger partial charge in [-0.25, -0.2) is 0 Å². The second kappa shape index (κ2) is 8.82. The summed E-state index contributed by atoms with van der Waals surface area (Å²) in [7, 11) is 1.68. The number of hydrogen-bond donors (Lipinski definition) is 1. The predicted octanol–water partition coefficient (Wildman–Crippen LogP) is 3.25. The van der Waals surface area contributed by atoms with Crippen LogP contribution in [0.5, 0.6) is 0 Å². The number of amides is 2. The summed E-state index contributed by atoms with van der Waals surface area (Å²) >= 11 is 0. The fourth-order valence-corrected chi connectivity index (χ4v) is 3.49. The van der Waals surface area contributed by atoms with Crippen molar-refractivity contribution in [1.29, 1.82) is 0 Å². The van der Waals surface area contributed by atoms with Crippen LogP contribution in [-0.2, 0) is 4.74 Å². The Hall–Kier alpha value is -2.66. The first kappa shape index (κ1) is 19.1. The molecule has 2 unspecified atom stereocenters. The van der Waals surface area contributed by atoms with Gasteiger partial charge in [-0.1, -0.05) is 35.9 Å². The molecule has 142 valence electrons. The Labute approximate surface area is 160 Å². The summed E-state index contributed by atoms with van der Waals surface area (Å²) < 4.78 is 5.30. The van der Waals surface area contributed by atoms with E-state index in [1.165, 1.54) is 0 Å². The van der Waals surface area contributed by atoms with E-state index in [-0.39, 0.29) is 18.0 Å². The molecule has 0 aromatic heterocycles. The maximum atomic E-state index is 13.0. The zero-order valence-electron chi connectivity index (χ0n) is 15.9. The third-order valence-corrected chi connectivity index (χ3v) is 5.01.